The van der Waals surface area contributed by atoms with Crippen molar-refractivity contribution < 1.29 is 5.21 Å². The Morgan fingerprint density at radius 3 is 2.85 bits per heavy atom. The quantitative estimate of drug-likeness (QED) is 0.379. The van der Waals surface area contributed by atoms with Gasteiger partial charge in [0.2, 0.25) is 0 Å². The van der Waals surface area contributed by atoms with Crippen LogP contribution in [0, 0.1) is 0 Å². The Hall–Kier alpha value is -1.46. The second-order valence-corrected chi connectivity index (χ2v) is 5.71. The molecule has 110 valence electrons. The van der Waals surface area contributed by atoms with Gasteiger partial charge in [-0.1, -0.05) is 16.8 Å². The van der Waals surface area contributed by atoms with Crippen molar-refractivity contribution >= 4 is 23.1 Å². The molecule has 1 fully saturated rings. The lowest BCUT2D eigenvalue weighted by molar-refractivity contribution is 0.318. The normalized spacial score (nSPS) is 21.9. The zero-order valence-corrected chi connectivity index (χ0v) is 12.6. The standard InChI is InChI=1S/C14H21ClN4O/c1-10-9-18(2)6-3-7-19(10)11-4-5-12(13(15)8-11)14(16)17-20/h4-5,8,10,20H,3,6-7,9H2,1-2H3,(H2,16,17). The van der Waals surface area contributed by atoms with Crippen molar-refractivity contribution in [3.63, 3.8) is 0 Å². The number of oxime groups is 1. The van der Waals surface area contributed by atoms with Crippen LogP contribution in [-0.4, -0.2) is 48.7 Å². The largest absolute Gasteiger partial charge is 0.409 e. The molecule has 0 aromatic heterocycles. The molecular weight excluding hydrogens is 276 g/mol. The molecule has 20 heavy (non-hydrogen) atoms. The van der Waals surface area contributed by atoms with Gasteiger partial charge in [0.1, 0.15) is 0 Å². The Morgan fingerprint density at radius 1 is 1.45 bits per heavy atom. The van der Waals surface area contributed by atoms with E-state index in [-0.39, 0.29) is 5.84 Å². The van der Waals surface area contributed by atoms with Gasteiger partial charge in [0, 0.05) is 30.4 Å². The first-order chi connectivity index (χ1) is 9.52. The monoisotopic (exact) mass is 296 g/mol. The summed E-state index contributed by atoms with van der Waals surface area (Å²) in [6, 6.07) is 6.08. The second-order valence-electron chi connectivity index (χ2n) is 5.31. The molecule has 5 nitrogen and oxygen atoms in total. The summed E-state index contributed by atoms with van der Waals surface area (Å²) >= 11 is 6.23. The SMILES string of the molecule is CC1CN(C)CCCN1c1ccc(/C(N)=N/O)c(Cl)c1. The molecule has 0 bridgehead atoms. The highest BCUT2D eigenvalue weighted by Crippen LogP contribution is 2.26. The highest BCUT2D eigenvalue weighted by Gasteiger charge is 2.20. The molecule has 1 heterocycles. The number of hydrogen-bond acceptors (Lipinski definition) is 4. The van der Waals surface area contributed by atoms with Crippen molar-refractivity contribution in [2.45, 2.75) is 19.4 Å². The van der Waals surface area contributed by atoms with Gasteiger partial charge in [0.15, 0.2) is 5.84 Å². The van der Waals surface area contributed by atoms with Crippen LogP contribution in [0.2, 0.25) is 5.02 Å². The van der Waals surface area contributed by atoms with Crippen molar-refractivity contribution in [2.24, 2.45) is 10.9 Å². The number of benzene rings is 1. The number of nitrogens with zero attached hydrogens (tertiary/aromatic N) is 3. The fourth-order valence-corrected chi connectivity index (χ4v) is 2.97. The summed E-state index contributed by atoms with van der Waals surface area (Å²) in [5.41, 5.74) is 7.22. The highest BCUT2D eigenvalue weighted by atomic mass is 35.5. The molecule has 1 unspecified atom stereocenters. The Labute approximate surface area is 124 Å². The van der Waals surface area contributed by atoms with Gasteiger partial charge in [0.05, 0.1) is 5.02 Å². The van der Waals surface area contributed by atoms with E-state index in [1.54, 1.807) is 6.07 Å². The summed E-state index contributed by atoms with van der Waals surface area (Å²) in [5.74, 6) is 0.0326. The Kier molecular flexibility index (Phi) is 4.73. The van der Waals surface area contributed by atoms with Crippen LogP contribution in [0.3, 0.4) is 0 Å². The second kappa shape index (κ2) is 6.33. The average Bonchev–Trinajstić information content (AvgIpc) is 2.58. The topological polar surface area (TPSA) is 65.1 Å². The third-order valence-corrected chi connectivity index (χ3v) is 4.03. The molecule has 1 aliphatic rings. The Balaban J connectivity index is 2.26. The molecule has 0 radical (unpaired) electrons. The highest BCUT2D eigenvalue weighted by molar-refractivity contribution is 6.34. The van der Waals surface area contributed by atoms with Gasteiger partial charge in [-0.05, 0) is 45.1 Å². The number of anilines is 1. The minimum absolute atomic E-state index is 0.0326. The number of nitrogens with two attached hydrogens (primary N) is 1. The van der Waals surface area contributed by atoms with Crippen molar-refractivity contribution in [3.05, 3.63) is 28.8 Å². The molecule has 1 aromatic rings. The molecule has 0 saturated carbocycles. The van der Waals surface area contributed by atoms with Gasteiger partial charge < -0.3 is 20.7 Å². The van der Waals surface area contributed by atoms with Crippen molar-refractivity contribution in [2.75, 3.05) is 31.6 Å². The third-order valence-electron chi connectivity index (χ3n) is 3.71. The first-order valence-corrected chi connectivity index (χ1v) is 7.13. The number of amidine groups is 1. The van der Waals surface area contributed by atoms with E-state index >= 15 is 0 Å². The number of hydrogen-bond donors (Lipinski definition) is 2. The fraction of sp³-hybridized carbons (Fsp3) is 0.500. The molecule has 0 aliphatic carbocycles. The van der Waals surface area contributed by atoms with Crippen molar-refractivity contribution in [1.29, 1.82) is 0 Å². The summed E-state index contributed by atoms with van der Waals surface area (Å²) in [6.07, 6.45) is 1.13. The van der Waals surface area contributed by atoms with Gasteiger partial charge in [-0.3, -0.25) is 0 Å². The van der Waals surface area contributed by atoms with E-state index in [2.05, 4.69) is 28.9 Å². The minimum Gasteiger partial charge on any atom is -0.409 e. The molecule has 2 rings (SSSR count). The van der Waals surface area contributed by atoms with E-state index in [1.165, 1.54) is 0 Å². The average molecular weight is 297 g/mol. The molecular formula is C14H21ClN4O. The molecule has 1 saturated heterocycles. The molecule has 6 heteroatoms. The fourth-order valence-electron chi connectivity index (χ4n) is 2.70. The van der Waals surface area contributed by atoms with E-state index in [4.69, 9.17) is 22.5 Å². The van der Waals surface area contributed by atoms with E-state index < -0.39 is 0 Å². The van der Waals surface area contributed by atoms with Crippen LogP contribution in [0.15, 0.2) is 23.4 Å². The first kappa shape index (κ1) is 14.9. The van der Waals surface area contributed by atoms with Gasteiger partial charge >= 0.3 is 0 Å². The molecule has 0 spiro atoms. The van der Waals surface area contributed by atoms with E-state index in [9.17, 15) is 0 Å². The Bertz CT molecular complexity index is 506. The van der Waals surface area contributed by atoms with Gasteiger partial charge in [-0.15, -0.1) is 0 Å². The maximum atomic E-state index is 8.73. The third kappa shape index (κ3) is 3.16. The molecule has 1 atom stereocenters. The van der Waals surface area contributed by atoms with E-state index in [0.29, 0.717) is 16.6 Å². The van der Waals surface area contributed by atoms with Crippen LogP contribution in [0.25, 0.3) is 0 Å². The minimum atomic E-state index is 0.0326. The van der Waals surface area contributed by atoms with Crippen LogP contribution in [0.4, 0.5) is 5.69 Å². The smallest absolute Gasteiger partial charge is 0.171 e. The van der Waals surface area contributed by atoms with Crippen molar-refractivity contribution in [1.82, 2.24) is 4.90 Å². The van der Waals surface area contributed by atoms with Crippen LogP contribution in [0.1, 0.15) is 18.9 Å². The number of halogens is 1. The molecule has 3 N–H and O–H groups in total. The molecule has 1 aromatic carbocycles. The summed E-state index contributed by atoms with van der Waals surface area (Å²) < 4.78 is 0. The van der Waals surface area contributed by atoms with E-state index in [0.717, 1.165) is 31.7 Å². The lowest BCUT2D eigenvalue weighted by Crippen LogP contribution is -2.38. The zero-order valence-electron chi connectivity index (χ0n) is 11.9. The van der Waals surface area contributed by atoms with Gasteiger partial charge in [0.25, 0.3) is 0 Å². The lowest BCUT2D eigenvalue weighted by Gasteiger charge is -2.30. The van der Waals surface area contributed by atoms with Crippen LogP contribution in [-0.2, 0) is 0 Å². The summed E-state index contributed by atoms with van der Waals surface area (Å²) in [5, 5.41) is 12.2. The summed E-state index contributed by atoms with van der Waals surface area (Å²) in [6.45, 7) is 5.36. The van der Waals surface area contributed by atoms with Crippen molar-refractivity contribution in [3.8, 4) is 0 Å². The summed E-state index contributed by atoms with van der Waals surface area (Å²) in [7, 11) is 2.15. The number of rotatable bonds is 2. The molecule has 0 amide bonds. The van der Waals surface area contributed by atoms with Gasteiger partial charge in [-0.2, -0.15) is 0 Å². The van der Waals surface area contributed by atoms with Gasteiger partial charge in [-0.25, -0.2) is 0 Å². The van der Waals surface area contributed by atoms with Crippen LogP contribution < -0.4 is 10.6 Å². The lowest BCUT2D eigenvalue weighted by atomic mass is 10.1. The molecule has 1 aliphatic heterocycles. The predicted molar refractivity (Wildman–Crippen MR) is 82.9 cm³/mol. The summed E-state index contributed by atoms with van der Waals surface area (Å²) in [4.78, 5) is 4.70. The number of likely N-dealkylation sites (N-methyl/N-ethyl adjacent to an activating group) is 1. The maximum Gasteiger partial charge on any atom is 0.171 e. The maximum absolute atomic E-state index is 8.73. The zero-order chi connectivity index (χ0) is 14.7. The Morgan fingerprint density at radius 2 is 2.20 bits per heavy atom. The van der Waals surface area contributed by atoms with E-state index in [1.807, 2.05) is 12.1 Å². The first-order valence-electron chi connectivity index (χ1n) is 6.75. The van der Waals surface area contributed by atoms with Crippen LogP contribution in [0.5, 0.6) is 0 Å². The van der Waals surface area contributed by atoms with Crippen LogP contribution >= 0.6 is 11.6 Å². The predicted octanol–water partition coefficient (Wildman–Crippen LogP) is 1.96.